The number of hydrogen-bond donors (Lipinski definition) is 1. The van der Waals surface area contributed by atoms with Crippen molar-refractivity contribution >= 4 is 28.2 Å². The van der Waals surface area contributed by atoms with Crippen LogP contribution in [-0.2, 0) is 0 Å². The molecule has 1 N–H and O–H groups in total. The Bertz CT molecular complexity index is 1060. The number of piperazine rings is 1. The van der Waals surface area contributed by atoms with Gasteiger partial charge in [-0.05, 0) is 26.2 Å². The van der Waals surface area contributed by atoms with Gasteiger partial charge in [0.25, 0.3) is 5.91 Å². The molecule has 0 spiro atoms. The summed E-state index contributed by atoms with van der Waals surface area (Å²) in [5, 5.41) is 13.3. The van der Waals surface area contributed by atoms with Crippen LogP contribution in [0.5, 0.6) is 0 Å². The normalized spacial score (nSPS) is 14.3. The third-order valence-corrected chi connectivity index (χ3v) is 5.50. The van der Waals surface area contributed by atoms with Crippen LogP contribution < -0.4 is 15.1 Å². The van der Waals surface area contributed by atoms with Crippen molar-refractivity contribution < 1.29 is 9.18 Å². The lowest BCUT2D eigenvalue weighted by Gasteiger charge is -2.37. The number of rotatable bonds is 6. The van der Waals surface area contributed by atoms with E-state index in [2.05, 4.69) is 20.4 Å². The molecule has 0 bridgehead atoms. The van der Waals surface area contributed by atoms with Gasteiger partial charge < -0.3 is 20.0 Å². The molecule has 1 amide bonds. The van der Waals surface area contributed by atoms with Crippen LogP contribution in [0.3, 0.4) is 0 Å². The summed E-state index contributed by atoms with van der Waals surface area (Å²) in [6.45, 7) is 4.05. The minimum absolute atomic E-state index is 0.203. The van der Waals surface area contributed by atoms with Gasteiger partial charge in [0.15, 0.2) is 11.5 Å². The maximum absolute atomic E-state index is 14.1. The highest BCUT2D eigenvalue weighted by atomic mass is 19.1. The van der Waals surface area contributed by atoms with Crippen molar-refractivity contribution in [3.63, 3.8) is 0 Å². The van der Waals surface area contributed by atoms with Crippen molar-refractivity contribution in [2.24, 2.45) is 0 Å². The molecule has 8 heteroatoms. The molecule has 4 rings (SSSR count). The molecule has 0 radical (unpaired) electrons. The molecule has 0 atom stereocenters. The lowest BCUT2D eigenvalue weighted by molar-refractivity contribution is 0.0947. The van der Waals surface area contributed by atoms with E-state index >= 15 is 0 Å². The highest BCUT2D eigenvalue weighted by molar-refractivity contribution is 6.07. The van der Waals surface area contributed by atoms with Crippen LogP contribution >= 0.6 is 0 Å². The average molecular weight is 423 g/mol. The van der Waals surface area contributed by atoms with Crippen LogP contribution in [0.15, 0.2) is 48.5 Å². The largest absolute Gasteiger partial charge is 0.366 e. The summed E-state index contributed by atoms with van der Waals surface area (Å²) in [5.74, 6) is 0.334. The van der Waals surface area contributed by atoms with Gasteiger partial charge in [0.1, 0.15) is 5.82 Å². The lowest BCUT2D eigenvalue weighted by Crippen LogP contribution is -2.47. The average Bonchev–Trinajstić information content (AvgIpc) is 2.78. The Balaban J connectivity index is 1.53. The number of nitrogens with zero attached hydrogens (tertiary/aromatic N) is 5. The van der Waals surface area contributed by atoms with E-state index in [4.69, 9.17) is 0 Å². The predicted molar refractivity (Wildman–Crippen MR) is 121 cm³/mol. The van der Waals surface area contributed by atoms with Crippen molar-refractivity contribution in [2.75, 3.05) is 63.2 Å². The number of likely N-dealkylation sites (N-methyl/N-ethyl adjacent to an activating group) is 1. The second kappa shape index (κ2) is 9.26. The standard InChI is InChI=1S/C23H27FN6O/c1-28(2)12-11-25-23(31)21-17-7-3-4-8-18(17)22(27-26-21)30-15-13-29(14-16-30)20-10-6-5-9-19(20)24/h3-10H,11-16H2,1-2H3,(H,25,31). The molecule has 0 aliphatic carbocycles. The molecule has 1 aliphatic rings. The SMILES string of the molecule is CN(C)CCNC(=O)c1nnc(N2CCN(c3ccccc3F)CC2)c2ccccc12. The number of benzene rings is 2. The molecule has 162 valence electrons. The Kier molecular flexibility index (Phi) is 6.27. The topological polar surface area (TPSA) is 64.6 Å². The number of aromatic nitrogens is 2. The van der Waals surface area contributed by atoms with Gasteiger partial charge in [-0.2, -0.15) is 0 Å². The highest BCUT2D eigenvalue weighted by Crippen LogP contribution is 2.28. The first kappa shape index (κ1) is 21.0. The number of nitrogens with one attached hydrogen (secondary N) is 1. The molecule has 1 aromatic heterocycles. The fraction of sp³-hybridized carbons (Fsp3) is 0.348. The summed E-state index contributed by atoms with van der Waals surface area (Å²) >= 11 is 0. The first-order valence-electron chi connectivity index (χ1n) is 10.5. The fourth-order valence-corrected chi connectivity index (χ4v) is 3.84. The Morgan fingerprint density at radius 3 is 2.32 bits per heavy atom. The zero-order valence-corrected chi connectivity index (χ0v) is 17.9. The van der Waals surface area contributed by atoms with Crippen LogP contribution in [-0.4, -0.2) is 74.4 Å². The molecule has 2 aromatic carbocycles. The van der Waals surface area contributed by atoms with Gasteiger partial charge in [-0.1, -0.05) is 36.4 Å². The third-order valence-electron chi connectivity index (χ3n) is 5.50. The third kappa shape index (κ3) is 4.59. The Labute approximate surface area is 181 Å². The van der Waals surface area contributed by atoms with Crippen molar-refractivity contribution in [3.8, 4) is 0 Å². The molecule has 1 aliphatic heterocycles. The molecule has 3 aromatic rings. The van der Waals surface area contributed by atoms with E-state index in [1.807, 2.05) is 60.3 Å². The van der Waals surface area contributed by atoms with E-state index in [1.165, 1.54) is 6.07 Å². The molecular formula is C23H27FN6O. The monoisotopic (exact) mass is 422 g/mol. The van der Waals surface area contributed by atoms with Gasteiger partial charge in [0, 0.05) is 50.0 Å². The summed E-state index contributed by atoms with van der Waals surface area (Å²) in [6, 6.07) is 14.6. The number of carbonyl (C=O) groups is 1. The molecule has 1 saturated heterocycles. The minimum Gasteiger partial charge on any atom is -0.366 e. The molecule has 1 fully saturated rings. The first-order chi connectivity index (χ1) is 15.0. The van der Waals surface area contributed by atoms with Crippen LogP contribution in [0.25, 0.3) is 10.8 Å². The van der Waals surface area contributed by atoms with E-state index in [-0.39, 0.29) is 11.7 Å². The fourth-order valence-electron chi connectivity index (χ4n) is 3.84. The molecule has 0 unspecified atom stereocenters. The van der Waals surface area contributed by atoms with Gasteiger partial charge in [-0.25, -0.2) is 4.39 Å². The summed E-state index contributed by atoms with van der Waals surface area (Å²) < 4.78 is 14.1. The molecular weight excluding hydrogens is 395 g/mol. The zero-order chi connectivity index (χ0) is 21.8. The number of carbonyl (C=O) groups excluding carboxylic acids is 1. The van der Waals surface area contributed by atoms with Gasteiger partial charge in [0.2, 0.25) is 0 Å². The smallest absolute Gasteiger partial charge is 0.272 e. The summed E-state index contributed by atoms with van der Waals surface area (Å²) in [6.07, 6.45) is 0. The van der Waals surface area contributed by atoms with Gasteiger partial charge >= 0.3 is 0 Å². The van der Waals surface area contributed by atoms with Crippen molar-refractivity contribution in [1.29, 1.82) is 0 Å². The summed E-state index contributed by atoms with van der Waals surface area (Å²) in [5.41, 5.74) is 0.964. The van der Waals surface area contributed by atoms with E-state index in [9.17, 15) is 9.18 Å². The molecule has 2 heterocycles. The number of amides is 1. The van der Waals surface area contributed by atoms with Crippen molar-refractivity contribution in [2.45, 2.75) is 0 Å². The lowest BCUT2D eigenvalue weighted by atomic mass is 10.1. The number of anilines is 2. The molecule has 7 nitrogen and oxygen atoms in total. The number of para-hydroxylation sites is 1. The Morgan fingerprint density at radius 2 is 1.61 bits per heavy atom. The van der Waals surface area contributed by atoms with Gasteiger partial charge in [-0.3, -0.25) is 4.79 Å². The number of halogens is 1. The van der Waals surface area contributed by atoms with Crippen LogP contribution in [0.2, 0.25) is 0 Å². The predicted octanol–water partition coefficient (Wildman–Crippen LogP) is 2.39. The Morgan fingerprint density at radius 1 is 0.968 bits per heavy atom. The van der Waals surface area contributed by atoms with E-state index in [1.54, 1.807) is 6.07 Å². The maximum atomic E-state index is 14.1. The number of hydrogen-bond acceptors (Lipinski definition) is 6. The van der Waals surface area contributed by atoms with Crippen molar-refractivity contribution in [1.82, 2.24) is 20.4 Å². The highest BCUT2D eigenvalue weighted by Gasteiger charge is 2.23. The second-order valence-corrected chi connectivity index (χ2v) is 7.90. The van der Waals surface area contributed by atoms with Crippen LogP contribution in [0.1, 0.15) is 10.5 Å². The Hall–Kier alpha value is -3.26. The minimum atomic E-state index is -0.221. The maximum Gasteiger partial charge on any atom is 0.272 e. The van der Waals surface area contributed by atoms with Crippen LogP contribution in [0.4, 0.5) is 15.9 Å². The van der Waals surface area contributed by atoms with Crippen molar-refractivity contribution in [3.05, 3.63) is 60.0 Å². The van der Waals surface area contributed by atoms with E-state index in [0.29, 0.717) is 44.1 Å². The first-order valence-corrected chi connectivity index (χ1v) is 10.5. The molecule has 31 heavy (non-hydrogen) atoms. The summed E-state index contributed by atoms with van der Waals surface area (Å²) in [4.78, 5) is 18.9. The summed E-state index contributed by atoms with van der Waals surface area (Å²) in [7, 11) is 3.92. The van der Waals surface area contributed by atoms with E-state index < -0.39 is 0 Å². The second-order valence-electron chi connectivity index (χ2n) is 7.90. The van der Waals surface area contributed by atoms with Gasteiger partial charge in [-0.15, -0.1) is 10.2 Å². The quantitative estimate of drug-likeness (QED) is 0.658. The zero-order valence-electron chi connectivity index (χ0n) is 17.9. The van der Waals surface area contributed by atoms with Gasteiger partial charge in [0.05, 0.1) is 5.69 Å². The van der Waals surface area contributed by atoms with E-state index in [0.717, 1.165) is 23.1 Å². The molecule has 0 saturated carbocycles. The number of fused-ring (bicyclic) bond motifs is 1. The van der Waals surface area contributed by atoms with Crippen LogP contribution in [0, 0.1) is 5.82 Å².